The van der Waals surface area contributed by atoms with Crippen molar-refractivity contribution in [3.05, 3.63) is 30.1 Å². The number of hydrogen-bond donors (Lipinski definition) is 0. The Balaban J connectivity index is 2.28. The summed E-state index contributed by atoms with van der Waals surface area (Å²) in [5.41, 5.74) is 0.762. The molecule has 28 heavy (non-hydrogen) atoms. The van der Waals surface area contributed by atoms with Crippen LogP contribution in [0.25, 0.3) is 0 Å². The van der Waals surface area contributed by atoms with Gasteiger partial charge in [0.15, 0.2) is 0 Å². The van der Waals surface area contributed by atoms with Gasteiger partial charge in [-0.3, -0.25) is 9.88 Å². The first-order valence-corrected chi connectivity index (χ1v) is 10.6. The highest BCUT2D eigenvalue weighted by molar-refractivity contribution is 5.67. The number of carbonyl (C=O) groups excluding carboxylic acids is 1. The summed E-state index contributed by atoms with van der Waals surface area (Å²) in [5.74, 6) is 0. The number of hydrogen-bond acceptors (Lipinski definition) is 5. The van der Waals surface area contributed by atoms with Crippen molar-refractivity contribution in [3.63, 3.8) is 0 Å². The number of unbranched alkanes of at least 4 members (excludes halogenated alkanes) is 7. The van der Waals surface area contributed by atoms with Crippen LogP contribution in [-0.4, -0.2) is 74.1 Å². The first kappa shape index (κ1) is 24.4. The molecule has 0 bridgehead atoms. The van der Waals surface area contributed by atoms with E-state index in [9.17, 15) is 4.79 Å². The zero-order valence-corrected chi connectivity index (χ0v) is 18.6. The molecule has 0 N–H and O–H groups in total. The van der Waals surface area contributed by atoms with Crippen LogP contribution in [0.15, 0.2) is 24.4 Å². The molecule has 1 heterocycles. The van der Waals surface area contributed by atoms with Gasteiger partial charge in [0.25, 0.3) is 0 Å². The van der Waals surface area contributed by atoms with Gasteiger partial charge in [-0.15, -0.1) is 0 Å². The summed E-state index contributed by atoms with van der Waals surface area (Å²) in [6.45, 7) is 2.08. The molecule has 0 saturated carbocycles. The maximum absolute atomic E-state index is 12.0. The molecule has 160 valence electrons. The average Bonchev–Trinajstić information content (AvgIpc) is 2.67. The van der Waals surface area contributed by atoms with Gasteiger partial charge in [0.1, 0.15) is 0 Å². The van der Waals surface area contributed by atoms with E-state index in [0.717, 1.165) is 18.7 Å². The van der Waals surface area contributed by atoms with E-state index in [1.165, 1.54) is 56.4 Å². The normalized spacial score (nSPS) is 12.4. The van der Waals surface area contributed by atoms with Gasteiger partial charge >= 0.3 is 6.09 Å². The minimum atomic E-state index is -0.451. The minimum Gasteiger partial charge on any atom is -0.424 e. The highest BCUT2D eigenvalue weighted by Crippen LogP contribution is 2.20. The Hall–Kier alpha value is -1.66. The molecule has 1 rings (SSSR count). The van der Waals surface area contributed by atoms with Crippen molar-refractivity contribution in [2.24, 2.45) is 0 Å². The number of ether oxygens (including phenoxy) is 1. The smallest absolute Gasteiger partial charge is 0.411 e. The first-order chi connectivity index (χ1) is 13.4. The predicted octanol–water partition coefficient (Wildman–Crippen LogP) is 4.39. The van der Waals surface area contributed by atoms with E-state index < -0.39 is 6.23 Å². The Morgan fingerprint density at radius 3 is 1.96 bits per heavy atom. The average molecular weight is 393 g/mol. The quantitative estimate of drug-likeness (QED) is 0.347. The highest BCUT2D eigenvalue weighted by Gasteiger charge is 2.23. The lowest BCUT2D eigenvalue weighted by Gasteiger charge is -2.28. The van der Waals surface area contributed by atoms with Crippen molar-refractivity contribution in [1.29, 1.82) is 0 Å². The maximum Gasteiger partial charge on any atom is 0.411 e. The van der Waals surface area contributed by atoms with Gasteiger partial charge in [0, 0.05) is 26.8 Å². The molecule has 0 aliphatic carbocycles. The Morgan fingerprint density at radius 2 is 1.46 bits per heavy atom. The number of pyridine rings is 1. The molecular weight excluding hydrogens is 352 g/mol. The lowest BCUT2D eigenvalue weighted by atomic mass is 10.1. The summed E-state index contributed by atoms with van der Waals surface area (Å²) in [7, 11) is 9.65. The maximum atomic E-state index is 12.0. The van der Waals surface area contributed by atoms with E-state index in [1.54, 1.807) is 20.3 Å². The van der Waals surface area contributed by atoms with Gasteiger partial charge in [-0.25, -0.2) is 4.79 Å². The Kier molecular flexibility index (Phi) is 12.5. The van der Waals surface area contributed by atoms with Gasteiger partial charge in [0.2, 0.25) is 6.23 Å². The molecule has 6 nitrogen and oxygen atoms in total. The van der Waals surface area contributed by atoms with Crippen LogP contribution >= 0.6 is 0 Å². The summed E-state index contributed by atoms with van der Waals surface area (Å²) in [6.07, 6.45) is 11.1. The third-order valence-electron chi connectivity index (χ3n) is 4.78. The van der Waals surface area contributed by atoms with Gasteiger partial charge in [-0.05, 0) is 52.7 Å². The van der Waals surface area contributed by atoms with Crippen LogP contribution < -0.4 is 0 Å². The molecular formula is C22H40N4O2. The second kappa shape index (κ2) is 14.4. The first-order valence-electron chi connectivity index (χ1n) is 10.6. The second-order valence-corrected chi connectivity index (χ2v) is 8.00. The van der Waals surface area contributed by atoms with E-state index >= 15 is 0 Å². The molecule has 0 aliphatic heterocycles. The zero-order chi connectivity index (χ0) is 20.8. The lowest BCUT2D eigenvalue weighted by Crippen LogP contribution is -2.34. The topological polar surface area (TPSA) is 48.9 Å². The second-order valence-electron chi connectivity index (χ2n) is 8.00. The van der Waals surface area contributed by atoms with Crippen LogP contribution in [0.3, 0.4) is 0 Å². The van der Waals surface area contributed by atoms with E-state index in [1.807, 2.05) is 25.2 Å². The number of carbonyl (C=O) groups is 1. The molecule has 1 aromatic heterocycles. The third-order valence-corrected chi connectivity index (χ3v) is 4.78. The minimum absolute atomic E-state index is 0.350. The summed E-state index contributed by atoms with van der Waals surface area (Å²) in [4.78, 5) is 22.2. The van der Waals surface area contributed by atoms with E-state index in [4.69, 9.17) is 4.74 Å². The third kappa shape index (κ3) is 10.6. The van der Waals surface area contributed by atoms with Crippen molar-refractivity contribution in [2.75, 3.05) is 48.3 Å². The molecule has 1 amide bonds. The van der Waals surface area contributed by atoms with Gasteiger partial charge < -0.3 is 14.5 Å². The Bertz CT molecular complexity index is 523. The van der Waals surface area contributed by atoms with Crippen LogP contribution in [0.4, 0.5) is 4.79 Å². The zero-order valence-electron chi connectivity index (χ0n) is 18.6. The van der Waals surface area contributed by atoms with Crippen molar-refractivity contribution >= 4 is 6.09 Å². The monoisotopic (exact) mass is 392 g/mol. The molecule has 0 saturated heterocycles. The standard InChI is InChI=1S/C22H40N4O2/c1-24(2)18-14-10-8-6-7-9-11-15-19-26(5)21(28-22(27)25(3)4)20-16-12-13-17-23-20/h12-13,16-17,21H,6-11,14-15,18-19H2,1-5H3. The molecule has 1 atom stereocenters. The number of aromatic nitrogens is 1. The van der Waals surface area contributed by atoms with Gasteiger partial charge in [0.05, 0.1) is 5.69 Å². The van der Waals surface area contributed by atoms with E-state index in [2.05, 4.69) is 28.9 Å². The molecule has 1 unspecified atom stereocenters. The van der Waals surface area contributed by atoms with Crippen LogP contribution in [0.2, 0.25) is 0 Å². The molecule has 1 aromatic rings. The Labute approximate surface area is 171 Å². The van der Waals surface area contributed by atoms with Crippen molar-refractivity contribution < 1.29 is 9.53 Å². The number of rotatable bonds is 14. The highest BCUT2D eigenvalue weighted by atomic mass is 16.6. The summed E-state index contributed by atoms with van der Waals surface area (Å²) >= 11 is 0. The van der Waals surface area contributed by atoms with Crippen LogP contribution in [0.1, 0.15) is 63.3 Å². The molecule has 0 radical (unpaired) electrons. The summed E-state index contributed by atoms with van der Waals surface area (Å²) < 4.78 is 5.66. The molecule has 0 fully saturated rings. The summed E-state index contributed by atoms with van der Waals surface area (Å²) in [6, 6.07) is 5.69. The molecule has 6 heteroatoms. The number of amides is 1. The fraction of sp³-hybridized carbons (Fsp3) is 0.727. The van der Waals surface area contributed by atoms with Crippen molar-refractivity contribution in [3.8, 4) is 0 Å². The van der Waals surface area contributed by atoms with E-state index in [-0.39, 0.29) is 6.09 Å². The van der Waals surface area contributed by atoms with Gasteiger partial charge in [-0.2, -0.15) is 0 Å². The van der Waals surface area contributed by atoms with Crippen molar-refractivity contribution in [2.45, 2.75) is 57.6 Å². The fourth-order valence-electron chi connectivity index (χ4n) is 3.07. The predicted molar refractivity (Wildman–Crippen MR) is 115 cm³/mol. The van der Waals surface area contributed by atoms with Crippen LogP contribution in [0.5, 0.6) is 0 Å². The van der Waals surface area contributed by atoms with Crippen molar-refractivity contribution in [1.82, 2.24) is 19.7 Å². The molecule has 0 aromatic carbocycles. The lowest BCUT2D eigenvalue weighted by molar-refractivity contribution is -0.0163. The van der Waals surface area contributed by atoms with Crippen LogP contribution in [-0.2, 0) is 4.74 Å². The largest absolute Gasteiger partial charge is 0.424 e. The van der Waals surface area contributed by atoms with E-state index in [0.29, 0.717) is 0 Å². The Morgan fingerprint density at radius 1 is 0.893 bits per heavy atom. The number of nitrogens with zero attached hydrogens (tertiary/aromatic N) is 4. The SMILES string of the molecule is CN(C)CCCCCCCCCCN(C)C(OC(=O)N(C)C)c1ccccn1. The fourth-order valence-corrected chi connectivity index (χ4v) is 3.07. The van der Waals surface area contributed by atoms with Gasteiger partial charge in [-0.1, -0.05) is 44.6 Å². The molecule has 0 spiro atoms. The van der Waals surface area contributed by atoms with Crippen LogP contribution in [0, 0.1) is 0 Å². The molecule has 0 aliphatic rings. The summed E-state index contributed by atoms with van der Waals surface area (Å²) in [5, 5.41) is 0.